The maximum Gasteiger partial charge on any atom is 0.303 e. The fourth-order valence-electron chi connectivity index (χ4n) is 11.3. The first-order chi connectivity index (χ1) is 48.0. The maximum atomic E-state index is 15.6. The number of amides is 4. The van der Waals surface area contributed by atoms with Gasteiger partial charge in [0.1, 0.15) is 55.2 Å². The van der Waals surface area contributed by atoms with E-state index in [-0.39, 0.29) is 30.0 Å². The fraction of sp³-hybridized carbons (Fsp3) is 0.556. The molecule has 3 saturated heterocycles. The topological polar surface area (TPSA) is 478 Å². The Bertz CT molecular complexity index is 3670. The molecule has 39 nitrogen and oxygen atoms in total. The van der Waals surface area contributed by atoms with E-state index in [1.165, 1.54) is 0 Å². The Morgan fingerprint density at radius 3 is 0.922 bits per heavy atom. The predicted molar refractivity (Wildman–Crippen MR) is 336 cm³/mol. The Labute approximate surface area is 581 Å². The largest absolute Gasteiger partial charge is 0.463 e. The summed E-state index contributed by atoms with van der Waals surface area (Å²) < 4.78 is 88.9. The van der Waals surface area contributed by atoms with E-state index < -0.39 is 218 Å². The molecule has 3 fully saturated rings. The van der Waals surface area contributed by atoms with E-state index in [0.29, 0.717) is 13.0 Å². The van der Waals surface area contributed by atoms with Gasteiger partial charge < -0.3 is 111 Å². The number of hydrogen-bond acceptors (Lipinski definition) is 32. The van der Waals surface area contributed by atoms with Crippen LogP contribution in [0.3, 0.4) is 0 Å². The zero-order valence-corrected chi connectivity index (χ0v) is 57.9. The number of anilines is 3. The maximum absolute atomic E-state index is 15.6. The smallest absolute Gasteiger partial charge is 0.303 e. The molecule has 0 aromatic carbocycles. The van der Waals surface area contributed by atoms with Gasteiger partial charge in [-0.15, -0.1) is 0 Å². The van der Waals surface area contributed by atoms with Crippen LogP contribution >= 0.6 is 0 Å². The monoisotopic (exact) mass is 1440 g/mol. The lowest BCUT2D eigenvalue weighted by Crippen LogP contribution is -2.60. The van der Waals surface area contributed by atoms with Crippen LogP contribution in [0.5, 0.6) is 0 Å². The van der Waals surface area contributed by atoms with E-state index in [1.807, 2.05) is 4.90 Å². The van der Waals surface area contributed by atoms with E-state index in [4.69, 9.17) is 71.1 Å². The highest BCUT2D eigenvalue weighted by Gasteiger charge is 2.57. The van der Waals surface area contributed by atoms with Crippen molar-refractivity contribution in [3.8, 4) is 0 Å². The van der Waals surface area contributed by atoms with E-state index in [2.05, 4.69) is 21.3 Å². The summed E-state index contributed by atoms with van der Waals surface area (Å²) >= 11 is 0. The van der Waals surface area contributed by atoms with Gasteiger partial charge in [0.2, 0.25) is 6.41 Å². The molecule has 0 spiro atoms. The highest BCUT2D eigenvalue weighted by atomic mass is 16.7. The summed E-state index contributed by atoms with van der Waals surface area (Å²) in [6.45, 7) is 10.2. The van der Waals surface area contributed by atoms with E-state index in [1.54, 1.807) is 14.1 Å². The molecule has 102 heavy (non-hydrogen) atoms. The lowest BCUT2D eigenvalue weighted by molar-refractivity contribution is -0.268. The van der Waals surface area contributed by atoms with Gasteiger partial charge in [0.25, 0.3) is 17.7 Å². The second-order valence-corrected chi connectivity index (χ2v) is 23.4. The normalized spacial score (nSPS) is 24.3. The zero-order valence-electron chi connectivity index (χ0n) is 57.9. The lowest BCUT2D eigenvalue weighted by Gasteiger charge is -2.45. The number of carbonyl (C=O) groups excluding carboxylic acids is 16. The molecular formula is C63H80N8O31. The van der Waals surface area contributed by atoms with Crippen LogP contribution in [0.2, 0.25) is 0 Å². The van der Waals surface area contributed by atoms with Gasteiger partial charge in [-0.05, 0) is 45.3 Å². The molecule has 4 amide bonds. The second kappa shape index (κ2) is 36.0. The Balaban J connectivity index is 1.62. The quantitative estimate of drug-likeness (QED) is 0.0320. The Morgan fingerprint density at radius 2 is 0.647 bits per heavy atom. The molecule has 3 aliphatic rings. The van der Waals surface area contributed by atoms with Crippen molar-refractivity contribution in [1.29, 1.82) is 0 Å². The number of ether oxygens (including phenoxy) is 15. The highest BCUT2D eigenvalue weighted by Crippen LogP contribution is 2.41. The molecule has 6 rings (SSSR count). The van der Waals surface area contributed by atoms with Gasteiger partial charge in [0, 0.05) is 108 Å². The van der Waals surface area contributed by atoms with Gasteiger partial charge in [0.05, 0.1) is 17.1 Å². The van der Waals surface area contributed by atoms with E-state index in [0.717, 1.165) is 134 Å². The van der Waals surface area contributed by atoms with Crippen molar-refractivity contribution in [2.45, 2.75) is 181 Å². The van der Waals surface area contributed by atoms with E-state index >= 15 is 9.59 Å². The zero-order chi connectivity index (χ0) is 75.7. The molecule has 39 heteroatoms. The second-order valence-electron chi connectivity index (χ2n) is 23.4. The number of esters is 12. The number of nitrogens with zero attached hydrogens (tertiary/aromatic N) is 4. The van der Waals surface area contributed by atoms with Crippen molar-refractivity contribution >= 4 is 113 Å². The molecule has 0 bridgehead atoms. The average molecular weight is 1450 g/mol. The third-order valence-corrected chi connectivity index (χ3v) is 14.8. The fourth-order valence-corrected chi connectivity index (χ4v) is 11.3. The summed E-state index contributed by atoms with van der Waals surface area (Å²) in [6.07, 6.45) is -22.7. The van der Waals surface area contributed by atoms with Crippen LogP contribution in [0.25, 0.3) is 0 Å². The van der Waals surface area contributed by atoms with Crippen molar-refractivity contribution in [1.82, 2.24) is 23.9 Å². The SMILES string of the molecule is CC(=O)OC[C@H]1O[C@H](n2cc(NC(=O)c3cc(NC(=O)c4cc(NC=O)cn4[C@H]4O[C@H](COC(C)=O)[C@@H](OC(C)=O)[C@@H](OC(C)=O)[C@H]4OC(C)=O)cn3[C@H]3O[C@H](COC(C)=O)[C@@H](OC(C)=O)[C@@H](OC(C)=O)[C@H]3OC(C)=O)cc2C(=O)NCCCN(C)C)[C@H](OC(C)=O)[C@H](OC(C)=O)[C@@H]1OC(C)=O. The Morgan fingerprint density at radius 1 is 0.382 bits per heavy atom. The van der Waals surface area contributed by atoms with Crippen LogP contribution in [0, 0.1) is 0 Å². The third kappa shape index (κ3) is 21.9. The summed E-state index contributed by atoms with van der Waals surface area (Å²) in [5.74, 6) is -15.0. The lowest BCUT2D eigenvalue weighted by atomic mass is 9.97. The molecule has 3 aliphatic heterocycles. The summed E-state index contributed by atoms with van der Waals surface area (Å²) in [6, 6.07) is 3.20. The molecule has 15 atom stereocenters. The van der Waals surface area contributed by atoms with Crippen LogP contribution in [-0.4, -0.2) is 235 Å². The molecule has 6 heterocycles. The first-order valence-corrected chi connectivity index (χ1v) is 31.3. The van der Waals surface area contributed by atoms with Gasteiger partial charge in [-0.1, -0.05) is 0 Å². The number of aromatic nitrogens is 3. The average Bonchev–Trinajstić information content (AvgIpc) is 1.37. The molecule has 0 aliphatic carbocycles. The van der Waals surface area contributed by atoms with Crippen LogP contribution in [0.4, 0.5) is 17.1 Å². The van der Waals surface area contributed by atoms with Crippen LogP contribution < -0.4 is 21.3 Å². The minimum Gasteiger partial charge on any atom is -0.463 e. The van der Waals surface area contributed by atoms with E-state index in [9.17, 15) is 67.1 Å². The number of nitrogens with one attached hydrogen (secondary N) is 4. The Hall–Kier alpha value is -10.8. The predicted octanol–water partition coefficient (Wildman–Crippen LogP) is 0.612. The number of rotatable bonds is 29. The molecule has 0 saturated carbocycles. The number of carbonyl (C=O) groups is 16. The van der Waals surface area contributed by atoms with Crippen molar-refractivity contribution < 1.29 is 148 Å². The standard InChI is InChI=1S/C63H80N8O31/c1-28(73)88-24-46-49(91-31(4)76)52(94-34(7)79)55(97-37(10)82)61(100-46)69-21-40(65-27-72)18-44(69)59(86)67-42-20-45(71(23-42)63-57(99-39(12)84)54(96-36(9)81)51(93-33(6)78)48(102-63)26-90-30(3)75)60(87)66-41-19-43(58(85)64-16-15-17-68(13)14)70(22-41)62-56(98-38(11)83)53(95-35(8)80)50(92-32(5)77)47(101-62)25-89-29(2)74/h18-23,27,46-57,61-63H,15-17,24-26H2,1-14H3,(H,64,85)(H,65,72)(H,66,87)(H,67,86)/t46-,47-,48-,49-,50-,51-,52-,53-,54-,55-,56-,57-,61+,62+,63+/m1/s1. The molecule has 0 unspecified atom stereocenters. The Kier molecular flexibility index (Phi) is 28.3. The summed E-state index contributed by atoms with van der Waals surface area (Å²) in [5.41, 5.74) is -2.37. The first kappa shape index (κ1) is 80.2. The van der Waals surface area contributed by atoms with Gasteiger partial charge in [-0.3, -0.25) is 76.7 Å². The van der Waals surface area contributed by atoms with Gasteiger partial charge in [-0.25, -0.2) is 0 Å². The van der Waals surface area contributed by atoms with Crippen LogP contribution in [0.1, 0.15) is 140 Å². The summed E-state index contributed by atoms with van der Waals surface area (Å²) in [4.78, 5) is 212. The molecular weight excluding hydrogens is 1360 g/mol. The van der Waals surface area contributed by atoms with Gasteiger partial charge >= 0.3 is 71.6 Å². The molecule has 0 radical (unpaired) electrons. The van der Waals surface area contributed by atoms with Crippen molar-refractivity contribution in [2.75, 3.05) is 63.0 Å². The number of hydrogen-bond donors (Lipinski definition) is 4. The molecule has 558 valence electrons. The van der Waals surface area contributed by atoms with Gasteiger partial charge in [0.15, 0.2) is 73.6 Å². The van der Waals surface area contributed by atoms with Crippen molar-refractivity contribution in [2.24, 2.45) is 0 Å². The first-order valence-electron chi connectivity index (χ1n) is 31.3. The minimum atomic E-state index is -1.98. The van der Waals surface area contributed by atoms with Crippen molar-refractivity contribution in [3.63, 3.8) is 0 Å². The van der Waals surface area contributed by atoms with Gasteiger partial charge in [-0.2, -0.15) is 0 Å². The molecule has 4 N–H and O–H groups in total. The molecule has 3 aromatic heterocycles. The van der Waals surface area contributed by atoms with Crippen LogP contribution in [0.15, 0.2) is 36.8 Å². The third-order valence-electron chi connectivity index (χ3n) is 14.8. The minimum absolute atomic E-state index is 0.0303. The van der Waals surface area contributed by atoms with Crippen LogP contribution in [-0.2, 0) is 133 Å². The summed E-state index contributed by atoms with van der Waals surface area (Å²) in [5, 5.41) is 10.4. The van der Waals surface area contributed by atoms with Crippen molar-refractivity contribution in [3.05, 3.63) is 53.9 Å². The highest BCUT2D eigenvalue weighted by molar-refractivity contribution is 6.08. The molecule has 3 aromatic rings. The summed E-state index contributed by atoms with van der Waals surface area (Å²) in [7, 11) is 3.57.